The van der Waals surface area contributed by atoms with Gasteiger partial charge in [0.05, 0.1) is 4.87 Å². The minimum Gasteiger partial charge on any atom is -0.303 e. The SMILES string of the molecule is CC(C)C(C=O)/C=C/C1CSC(C)(C)N1C. The van der Waals surface area contributed by atoms with Gasteiger partial charge in [-0.1, -0.05) is 26.0 Å². The smallest absolute Gasteiger partial charge is 0.127 e. The Labute approximate surface area is 103 Å². The molecule has 0 saturated carbocycles. The van der Waals surface area contributed by atoms with Gasteiger partial charge in [-0.25, -0.2) is 0 Å². The molecule has 1 heterocycles. The van der Waals surface area contributed by atoms with Crippen molar-refractivity contribution < 1.29 is 4.79 Å². The van der Waals surface area contributed by atoms with Crippen LogP contribution in [0.5, 0.6) is 0 Å². The molecule has 2 unspecified atom stereocenters. The summed E-state index contributed by atoms with van der Waals surface area (Å²) in [4.78, 5) is 13.5. The van der Waals surface area contributed by atoms with Crippen LogP contribution in [0.25, 0.3) is 0 Å². The first-order valence-corrected chi connectivity index (χ1v) is 6.87. The van der Waals surface area contributed by atoms with Gasteiger partial charge in [-0.2, -0.15) is 0 Å². The number of hydrogen-bond donors (Lipinski definition) is 0. The van der Waals surface area contributed by atoms with Crippen molar-refractivity contribution in [2.75, 3.05) is 12.8 Å². The summed E-state index contributed by atoms with van der Waals surface area (Å²) < 4.78 is 0. The Morgan fingerprint density at radius 2 is 2.06 bits per heavy atom. The average molecular weight is 241 g/mol. The number of likely N-dealkylation sites (N-methyl/N-ethyl adjacent to an activating group) is 1. The normalized spacial score (nSPS) is 27.8. The van der Waals surface area contributed by atoms with E-state index in [4.69, 9.17) is 0 Å². The third-order valence-electron chi connectivity index (χ3n) is 3.44. The molecule has 3 heteroatoms. The van der Waals surface area contributed by atoms with E-state index in [1.165, 1.54) is 0 Å². The number of hydrogen-bond acceptors (Lipinski definition) is 3. The van der Waals surface area contributed by atoms with Crippen LogP contribution in [-0.2, 0) is 4.79 Å². The monoisotopic (exact) mass is 241 g/mol. The number of nitrogens with zero attached hydrogens (tertiary/aromatic N) is 1. The number of carbonyl (C=O) groups excluding carboxylic acids is 1. The van der Waals surface area contributed by atoms with E-state index in [2.05, 4.69) is 51.8 Å². The lowest BCUT2D eigenvalue weighted by molar-refractivity contribution is -0.110. The summed E-state index contributed by atoms with van der Waals surface area (Å²) in [6.07, 6.45) is 5.32. The van der Waals surface area contributed by atoms with E-state index in [9.17, 15) is 4.79 Å². The molecule has 2 nitrogen and oxygen atoms in total. The molecular weight excluding hydrogens is 218 g/mol. The predicted octanol–water partition coefficient (Wildman–Crippen LogP) is 2.80. The molecule has 2 atom stereocenters. The summed E-state index contributed by atoms with van der Waals surface area (Å²) in [6.45, 7) is 8.65. The maximum atomic E-state index is 10.9. The van der Waals surface area contributed by atoms with Gasteiger partial charge >= 0.3 is 0 Å². The Bertz CT molecular complexity index is 273. The Balaban J connectivity index is 2.62. The van der Waals surface area contributed by atoms with Gasteiger partial charge in [0.25, 0.3) is 0 Å². The maximum Gasteiger partial charge on any atom is 0.127 e. The lowest BCUT2D eigenvalue weighted by Crippen LogP contribution is -2.37. The molecule has 92 valence electrons. The molecule has 0 N–H and O–H groups in total. The molecular formula is C13H23NOS. The third-order valence-corrected chi connectivity index (χ3v) is 4.94. The van der Waals surface area contributed by atoms with Crippen LogP contribution in [0.15, 0.2) is 12.2 Å². The quantitative estimate of drug-likeness (QED) is 0.557. The average Bonchev–Trinajstić information content (AvgIpc) is 2.45. The largest absolute Gasteiger partial charge is 0.303 e. The molecule has 1 saturated heterocycles. The maximum absolute atomic E-state index is 10.9. The summed E-state index contributed by atoms with van der Waals surface area (Å²) in [5, 5.41) is 0. The lowest BCUT2D eigenvalue weighted by atomic mass is 9.96. The fraction of sp³-hybridized carbons (Fsp3) is 0.769. The van der Waals surface area contributed by atoms with E-state index in [1.807, 2.05) is 11.8 Å². The molecule has 0 bridgehead atoms. The van der Waals surface area contributed by atoms with Crippen molar-refractivity contribution >= 4 is 18.0 Å². The first-order valence-electron chi connectivity index (χ1n) is 5.89. The van der Waals surface area contributed by atoms with Crippen molar-refractivity contribution in [2.45, 2.75) is 38.6 Å². The highest BCUT2D eigenvalue weighted by Crippen LogP contribution is 2.37. The highest BCUT2D eigenvalue weighted by Gasteiger charge is 2.35. The molecule has 0 amide bonds. The highest BCUT2D eigenvalue weighted by molar-refractivity contribution is 8.00. The third kappa shape index (κ3) is 3.11. The summed E-state index contributed by atoms with van der Waals surface area (Å²) in [7, 11) is 2.15. The fourth-order valence-electron chi connectivity index (χ4n) is 1.77. The van der Waals surface area contributed by atoms with Gasteiger partial charge in [-0.05, 0) is 26.8 Å². The van der Waals surface area contributed by atoms with Crippen molar-refractivity contribution in [3.63, 3.8) is 0 Å². The van der Waals surface area contributed by atoms with Crippen LogP contribution < -0.4 is 0 Å². The number of thioether (sulfide) groups is 1. The van der Waals surface area contributed by atoms with Crippen molar-refractivity contribution in [3.8, 4) is 0 Å². The van der Waals surface area contributed by atoms with Crippen molar-refractivity contribution in [3.05, 3.63) is 12.2 Å². The Morgan fingerprint density at radius 3 is 2.44 bits per heavy atom. The topological polar surface area (TPSA) is 20.3 Å². The number of allylic oxidation sites excluding steroid dienone is 1. The van der Waals surface area contributed by atoms with Gasteiger partial charge in [0, 0.05) is 17.7 Å². The molecule has 1 aliphatic rings. The molecule has 1 fully saturated rings. The molecule has 0 aromatic heterocycles. The Hall–Kier alpha value is -0.280. The van der Waals surface area contributed by atoms with Crippen LogP contribution in [0.2, 0.25) is 0 Å². The molecule has 16 heavy (non-hydrogen) atoms. The summed E-state index contributed by atoms with van der Waals surface area (Å²) >= 11 is 1.97. The van der Waals surface area contributed by atoms with Gasteiger partial charge in [0.15, 0.2) is 0 Å². The van der Waals surface area contributed by atoms with E-state index < -0.39 is 0 Å². The number of rotatable bonds is 4. The molecule has 0 radical (unpaired) electrons. The van der Waals surface area contributed by atoms with Crippen LogP contribution >= 0.6 is 11.8 Å². The summed E-state index contributed by atoms with van der Waals surface area (Å²) in [5.74, 6) is 1.56. The van der Waals surface area contributed by atoms with Crippen molar-refractivity contribution in [2.24, 2.45) is 11.8 Å². The molecule has 0 spiro atoms. The second-order valence-corrected chi connectivity index (χ2v) is 6.90. The van der Waals surface area contributed by atoms with E-state index in [0.717, 1.165) is 12.0 Å². The van der Waals surface area contributed by atoms with E-state index >= 15 is 0 Å². The second-order valence-electron chi connectivity index (χ2n) is 5.28. The summed E-state index contributed by atoms with van der Waals surface area (Å²) in [5.41, 5.74) is 0. The second kappa shape index (κ2) is 5.37. The number of carbonyl (C=O) groups is 1. The van der Waals surface area contributed by atoms with E-state index in [-0.39, 0.29) is 10.8 Å². The van der Waals surface area contributed by atoms with Crippen LogP contribution in [0.1, 0.15) is 27.7 Å². The molecule has 0 aromatic rings. The minimum absolute atomic E-state index is 0.0575. The van der Waals surface area contributed by atoms with Gasteiger partial charge in [0.2, 0.25) is 0 Å². The Kier molecular flexibility index (Phi) is 4.62. The van der Waals surface area contributed by atoms with Crippen LogP contribution in [-0.4, -0.2) is 34.9 Å². The van der Waals surface area contributed by atoms with Crippen molar-refractivity contribution in [1.29, 1.82) is 0 Å². The van der Waals surface area contributed by atoms with Gasteiger partial charge in [-0.3, -0.25) is 4.90 Å². The first kappa shape index (κ1) is 13.8. The fourth-order valence-corrected chi connectivity index (χ4v) is 3.02. The molecule has 0 aliphatic carbocycles. The zero-order chi connectivity index (χ0) is 12.3. The van der Waals surface area contributed by atoms with E-state index in [0.29, 0.717) is 12.0 Å². The standard InChI is InChI=1S/C13H23NOS/c1-10(2)11(8-15)6-7-12-9-16-13(3,4)14(12)5/h6-8,10-12H,9H2,1-5H3/b7-6+. The van der Waals surface area contributed by atoms with Crippen molar-refractivity contribution in [1.82, 2.24) is 4.90 Å². The molecule has 1 rings (SSSR count). The Morgan fingerprint density at radius 1 is 1.44 bits per heavy atom. The van der Waals surface area contributed by atoms with E-state index in [1.54, 1.807) is 0 Å². The predicted molar refractivity (Wildman–Crippen MR) is 71.6 cm³/mol. The molecule has 1 aliphatic heterocycles. The van der Waals surface area contributed by atoms with Gasteiger partial charge < -0.3 is 4.79 Å². The van der Waals surface area contributed by atoms with Crippen LogP contribution in [0, 0.1) is 11.8 Å². The lowest BCUT2D eigenvalue weighted by Gasteiger charge is -2.29. The first-order chi connectivity index (χ1) is 7.38. The van der Waals surface area contributed by atoms with Crippen LogP contribution in [0.4, 0.5) is 0 Å². The van der Waals surface area contributed by atoms with Crippen LogP contribution in [0.3, 0.4) is 0 Å². The zero-order valence-corrected chi connectivity index (χ0v) is 11.8. The van der Waals surface area contributed by atoms with Gasteiger partial charge in [0.1, 0.15) is 6.29 Å². The highest BCUT2D eigenvalue weighted by atomic mass is 32.2. The molecule has 0 aromatic carbocycles. The zero-order valence-electron chi connectivity index (χ0n) is 10.9. The van der Waals surface area contributed by atoms with Gasteiger partial charge in [-0.15, -0.1) is 11.8 Å². The summed E-state index contributed by atoms with van der Waals surface area (Å²) in [6, 6.07) is 0.459. The number of aldehydes is 1. The minimum atomic E-state index is 0.0575.